The molecule has 272 valence electrons. The van der Waals surface area contributed by atoms with Crippen molar-refractivity contribution >= 4 is 33.4 Å². The zero-order valence-electron chi connectivity index (χ0n) is 32.1. The fourth-order valence-corrected chi connectivity index (χ4v) is 9.62. The van der Waals surface area contributed by atoms with Crippen LogP contribution in [0.2, 0.25) is 0 Å². The molecule has 8 aromatic carbocycles. The molecule has 2 unspecified atom stereocenters. The standard InChI is InChI=1S/C55H41NO/c1-55(2)50-21-10-8-18-46(50)47-20-12-19-45(54(47)55)38-25-30-43(31-26-38)56(42-28-23-37(24-29-42)36-13-4-3-5-14-36)51-22-11-9-17-44(51)41-27-32-52-48(34-41)49-33-39-15-6-7-16-40(39)35-53(49)57-52/h3-35,48,52H,1-2H3. The van der Waals surface area contributed by atoms with Crippen LogP contribution in [-0.4, -0.2) is 6.10 Å². The van der Waals surface area contributed by atoms with Crippen LogP contribution in [0.4, 0.5) is 17.1 Å². The molecule has 57 heavy (non-hydrogen) atoms. The number of hydrogen-bond acceptors (Lipinski definition) is 2. The van der Waals surface area contributed by atoms with E-state index >= 15 is 0 Å². The molecule has 0 spiro atoms. The summed E-state index contributed by atoms with van der Waals surface area (Å²) in [4.78, 5) is 2.41. The van der Waals surface area contributed by atoms with Gasteiger partial charge in [-0.1, -0.05) is 166 Å². The molecule has 0 bridgehead atoms. The lowest BCUT2D eigenvalue weighted by Gasteiger charge is -2.29. The SMILES string of the molecule is CC1(C)c2ccccc2-c2cccc(-c3ccc(N(c4ccc(-c5ccccc5)cc4)c4ccccc4C4=CC5c6cc7ccccc7cc6OC5C=C4)cc3)c21. The van der Waals surface area contributed by atoms with E-state index in [4.69, 9.17) is 4.74 Å². The van der Waals surface area contributed by atoms with Crippen LogP contribution in [0.5, 0.6) is 5.75 Å². The molecule has 0 radical (unpaired) electrons. The average molecular weight is 732 g/mol. The number of nitrogens with zero attached hydrogens (tertiary/aromatic N) is 1. The number of para-hydroxylation sites is 1. The first kappa shape index (κ1) is 33.4. The van der Waals surface area contributed by atoms with Gasteiger partial charge in [0.1, 0.15) is 11.9 Å². The molecule has 2 nitrogen and oxygen atoms in total. The van der Waals surface area contributed by atoms with Gasteiger partial charge in [-0.15, -0.1) is 0 Å². The van der Waals surface area contributed by atoms with E-state index in [9.17, 15) is 0 Å². The van der Waals surface area contributed by atoms with Gasteiger partial charge in [-0.25, -0.2) is 0 Å². The second kappa shape index (κ2) is 13.1. The molecule has 0 aromatic heterocycles. The minimum Gasteiger partial charge on any atom is -0.485 e. The quantitative estimate of drug-likeness (QED) is 0.169. The normalized spacial score (nSPS) is 16.9. The van der Waals surface area contributed by atoms with Crippen LogP contribution >= 0.6 is 0 Å². The summed E-state index contributed by atoms with van der Waals surface area (Å²) in [5.41, 5.74) is 17.3. The molecule has 8 aromatic rings. The summed E-state index contributed by atoms with van der Waals surface area (Å²) in [6.45, 7) is 4.73. The maximum absolute atomic E-state index is 6.53. The highest BCUT2D eigenvalue weighted by Crippen LogP contribution is 2.53. The van der Waals surface area contributed by atoms with Crippen molar-refractivity contribution < 1.29 is 4.74 Å². The Bertz CT molecular complexity index is 2900. The summed E-state index contributed by atoms with van der Waals surface area (Å²) in [5.74, 6) is 1.12. The molecular weight excluding hydrogens is 691 g/mol. The largest absolute Gasteiger partial charge is 0.485 e. The van der Waals surface area contributed by atoms with Crippen LogP contribution in [0, 0.1) is 0 Å². The van der Waals surface area contributed by atoms with Gasteiger partial charge >= 0.3 is 0 Å². The van der Waals surface area contributed by atoms with Crippen molar-refractivity contribution in [2.45, 2.75) is 31.3 Å². The average Bonchev–Trinajstić information content (AvgIpc) is 3.74. The van der Waals surface area contributed by atoms with Crippen molar-refractivity contribution in [3.05, 3.63) is 222 Å². The first-order valence-corrected chi connectivity index (χ1v) is 20.0. The second-order valence-electron chi connectivity index (χ2n) is 16.0. The van der Waals surface area contributed by atoms with Crippen molar-refractivity contribution in [1.82, 2.24) is 0 Å². The smallest absolute Gasteiger partial charge is 0.128 e. The third-order valence-corrected chi connectivity index (χ3v) is 12.4. The number of anilines is 3. The zero-order valence-corrected chi connectivity index (χ0v) is 32.1. The van der Waals surface area contributed by atoms with Crippen LogP contribution in [0.1, 0.15) is 42.0 Å². The number of fused-ring (bicyclic) bond motifs is 7. The van der Waals surface area contributed by atoms with Gasteiger partial charge in [-0.2, -0.15) is 0 Å². The molecule has 0 amide bonds. The molecular formula is C55H41NO. The summed E-state index contributed by atoms with van der Waals surface area (Å²) >= 11 is 0. The highest BCUT2D eigenvalue weighted by molar-refractivity contribution is 5.93. The lowest BCUT2D eigenvalue weighted by molar-refractivity contribution is 0.269. The topological polar surface area (TPSA) is 12.5 Å². The molecule has 0 saturated carbocycles. The molecule has 1 aliphatic heterocycles. The molecule has 2 heteroatoms. The Morgan fingerprint density at radius 1 is 0.509 bits per heavy atom. The van der Waals surface area contributed by atoms with E-state index in [0.29, 0.717) is 0 Å². The maximum Gasteiger partial charge on any atom is 0.128 e. The Labute approximate surface area is 334 Å². The summed E-state index contributed by atoms with van der Waals surface area (Å²) in [6, 6.07) is 66.4. The highest BCUT2D eigenvalue weighted by atomic mass is 16.5. The van der Waals surface area contributed by atoms with E-state index in [1.54, 1.807) is 0 Å². The van der Waals surface area contributed by atoms with Crippen LogP contribution in [-0.2, 0) is 5.41 Å². The van der Waals surface area contributed by atoms with E-state index in [2.05, 4.69) is 219 Å². The Balaban J connectivity index is 1.02. The van der Waals surface area contributed by atoms with Crippen molar-refractivity contribution in [2.75, 3.05) is 4.90 Å². The van der Waals surface area contributed by atoms with Crippen molar-refractivity contribution in [3.63, 3.8) is 0 Å². The van der Waals surface area contributed by atoms with Crippen LogP contribution < -0.4 is 9.64 Å². The van der Waals surface area contributed by atoms with Gasteiger partial charge in [-0.05, 0) is 109 Å². The lowest BCUT2D eigenvalue weighted by atomic mass is 9.79. The minimum atomic E-state index is -0.0924. The Hall–Kier alpha value is -6.90. The molecule has 2 atom stereocenters. The van der Waals surface area contributed by atoms with Gasteiger partial charge in [0.25, 0.3) is 0 Å². The third kappa shape index (κ3) is 5.47. The first-order chi connectivity index (χ1) is 28.0. The zero-order chi connectivity index (χ0) is 38.1. The molecule has 0 N–H and O–H groups in total. The third-order valence-electron chi connectivity index (χ3n) is 12.4. The monoisotopic (exact) mass is 731 g/mol. The molecule has 3 aliphatic rings. The highest BCUT2D eigenvalue weighted by Gasteiger charge is 2.37. The van der Waals surface area contributed by atoms with Gasteiger partial charge < -0.3 is 9.64 Å². The lowest BCUT2D eigenvalue weighted by Crippen LogP contribution is -2.18. The van der Waals surface area contributed by atoms with Crippen molar-refractivity contribution in [1.29, 1.82) is 0 Å². The van der Waals surface area contributed by atoms with Gasteiger partial charge in [-0.3, -0.25) is 0 Å². The van der Waals surface area contributed by atoms with Crippen LogP contribution in [0.15, 0.2) is 200 Å². The van der Waals surface area contributed by atoms with Crippen LogP contribution in [0.3, 0.4) is 0 Å². The molecule has 2 aliphatic carbocycles. The maximum atomic E-state index is 6.53. The number of ether oxygens (including phenoxy) is 1. The van der Waals surface area contributed by atoms with E-state index < -0.39 is 0 Å². The Kier molecular flexibility index (Phi) is 7.69. The fourth-order valence-electron chi connectivity index (χ4n) is 9.62. The Morgan fingerprint density at radius 3 is 1.88 bits per heavy atom. The molecule has 0 saturated heterocycles. The summed E-state index contributed by atoms with van der Waals surface area (Å²) in [7, 11) is 0. The number of allylic oxidation sites excluding steroid dienone is 2. The van der Waals surface area contributed by atoms with Gasteiger partial charge in [0.15, 0.2) is 0 Å². The fraction of sp³-hybridized carbons (Fsp3) is 0.0909. The molecule has 11 rings (SSSR count). The second-order valence-corrected chi connectivity index (χ2v) is 16.0. The minimum absolute atomic E-state index is 0.0147. The number of rotatable bonds is 6. The van der Waals surface area contributed by atoms with E-state index in [-0.39, 0.29) is 17.4 Å². The first-order valence-electron chi connectivity index (χ1n) is 20.0. The van der Waals surface area contributed by atoms with Crippen molar-refractivity contribution in [3.8, 4) is 39.1 Å². The predicted molar refractivity (Wildman–Crippen MR) is 238 cm³/mol. The van der Waals surface area contributed by atoms with Gasteiger partial charge in [0.05, 0.1) is 5.69 Å². The Morgan fingerprint density at radius 2 is 1.11 bits per heavy atom. The van der Waals surface area contributed by atoms with E-state index in [1.165, 1.54) is 72.0 Å². The molecule has 1 heterocycles. The summed E-state index contributed by atoms with van der Waals surface area (Å²) in [6.07, 6.45) is 6.90. The van der Waals surface area contributed by atoms with Crippen LogP contribution in [0.25, 0.3) is 49.7 Å². The van der Waals surface area contributed by atoms with Crippen molar-refractivity contribution in [2.24, 2.45) is 0 Å². The van der Waals surface area contributed by atoms with E-state index in [0.717, 1.165) is 22.8 Å². The summed E-state index contributed by atoms with van der Waals surface area (Å²) < 4.78 is 6.53. The number of hydrogen-bond donors (Lipinski definition) is 0. The van der Waals surface area contributed by atoms with E-state index in [1.807, 2.05) is 0 Å². The van der Waals surface area contributed by atoms with Gasteiger partial charge in [0.2, 0.25) is 0 Å². The number of benzene rings is 8. The predicted octanol–water partition coefficient (Wildman–Crippen LogP) is 14.4. The van der Waals surface area contributed by atoms with Gasteiger partial charge in [0, 0.05) is 33.8 Å². The summed E-state index contributed by atoms with van der Waals surface area (Å²) in [5, 5.41) is 2.45. The molecule has 0 fully saturated rings.